The Morgan fingerprint density at radius 3 is 2.53 bits per heavy atom. The summed E-state index contributed by atoms with van der Waals surface area (Å²) in [7, 11) is 0. The number of ether oxygens (including phenoxy) is 1. The molecule has 0 saturated heterocycles. The number of allylic oxidation sites excluding steroid dienone is 1. The second-order valence-electron chi connectivity index (χ2n) is 7.68. The van der Waals surface area contributed by atoms with E-state index in [1.54, 1.807) is 0 Å². The molecule has 1 aliphatic carbocycles. The third-order valence-electron chi connectivity index (χ3n) is 4.75. The van der Waals surface area contributed by atoms with Crippen LogP contribution in [0.2, 0.25) is 0 Å². The molecule has 190 valence electrons. The number of esters is 1. The molecular formula is C21H31N3O9S. The van der Waals surface area contributed by atoms with E-state index in [1.165, 1.54) is 6.08 Å². The first kappa shape index (κ1) is 29.1. The fraction of sp³-hybridized carbons (Fsp3) is 0.619. The largest absolute Gasteiger partial charge is 0.480 e. The van der Waals surface area contributed by atoms with Crippen LogP contribution in [0.5, 0.6) is 0 Å². The van der Waals surface area contributed by atoms with Crippen LogP contribution in [-0.4, -0.2) is 75.3 Å². The number of aliphatic carboxylic acids is 2. The number of Topliss-reactive ketones (excluding diaryl/α,β-unsaturated/α-hetero) is 1. The van der Waals surface area contributed by atoms with Gasteiger partial charge in [-0.05, 0) is 18.9 Å². The molecule has 0 radical (unpaired) electrons. The van der Waals surface area contributed by atoms with E-state index in [1.807, 2.05) is 6.92 Å². The topological polar surface area (TPSA) is 202 Å². The van der Waals surface area contributed by atoms with Crippen LogP contribution < -0.4 is 16.4 Å². The Labute approximate surface area is 201 Å². The highest BCUT2D eigenvalue weighted by Crippen LogP contribution is 2.27. The highest BCUT2D eigenvalue weighted by Gasteiger charge is 2.30. The zero-order chi connectivity index (χ0) is 25.7. The Balaban J connectivity index is 2.69. The fourth-order valence-corrected chi connectivity index (χ4v) is 4.02. The Bertz CT molecular complexity index is 815. The van der Waals surface area contributed by atoms with Gasteiger partial charge in [-0.1, -0.05) is 19.8 Å². The maximum atomic E-state index is 12.4. The van der Waals surface area contributed by atoms with E-state index < -0.39 is 53.6 Å². The maximum Gasteiger partial charge on any atom is 0.322 e. The number of amides is 2. The molecule has 2 amide bonds. The van der Waals surface area contributed by atoms with E-state index in [9.17, 15) is 28.8 Å². The number of hydrogen-bond donors (Lipinski definition) is 5. The summed E-state index contributed by atoms with van der Waals surface area (Å²) < 4.78 is 5.14. The summed E-state index contributed by atoms with van der Waals surface area (Å²) in [5.74, 6) is -4.80. The number of carboxylic acid groups (broad SMARTS) is 2. The summed E-state index contributed by atoms with van der Waals surface area (Å²) in [5, 5.41) is 21.8. The van der Waals surface area contributed by atoms with Crippen LogP contribution in [0.4, 0.5) is 0 Å². The summed E-state index contributed by atoms with van der Waals surface area (Å²) in [6.45, 7) is 1.35. The predicted octanol–water partition coefficient (Wildman–Crippen LogP) is -0.0539. The molecular weight excluding hydrogens is 470 g/mol. The molecule has 13 heteroatoms. The van der Waals surface area contributed by atoms with Crippen molar-refractivity contribution in [2.45, 2.75) is 69.2 Å². The van der Waals surface area contributed by atoms with Gasteiger partial charge in [-0.15, -0.1) is 0 Å². The third kappa shape index (κ3) is 11.3. The number of nitrogens with one attached hydrogen (secondary N) is 2. The van der Waals surface area contributed by atoms with E-state index >= 15 is 0 Å². The summed E-state index contributed by atoms with van der Waals surface area (Å²) >= 11 is 1.15. The molecule has 0 fully saturated rings. The van der Waals surface area contributed by atoms with Crippen LogP contribution in [-0.2, 0) is 33.5 Å². The first-order chi connectivity index (χ1) is 16.0. The number of carbonyl (C=O) groups is 6. The van der Waals surface area contributed by atoms with Crippen molar-refractivity contribution in [1.29, 1.82) is 0 Å². The Kier molecular flexibility index (Phi) is 12.9. The van der Waals surface area contributed by atoms with Crippen molar-refractivity contribution in [3.05, 3.63) is 11.8 Å². The molecule has 0 heterocycles. The quantitative estimate of drug-likeness (QED) is 0.140. The highest BCUT2D eigenvalue weighted by molar-refractivity contribution is 8.00. The van der Waals surface area contributed by atoms with Crippen molar-refractivity contribution in [3.8, 4) is 0 Å². The molecule has 3 unspecified atom stereocenters. The minimum absolute atomic E-state index is 0.00561. The van der Waals surface area contributed by atoms with Crippen molar-refractivity contribution in [1.82, 2.24) is 10.6 Å². The van der Waals surface area contributed by atoms with Crippen LogP contribution in [0.25, 0.3) is 0 Å². The van der Waals surface area contributed by atoms with E-state index in [4.69, 9.17) is 20.7 Å². The first-order valence-corrected chi connectivity index (χ1v) is 11.9. The van der Waals surface area contributed by atoms with Gasteiger partial charge in [0, 0.05) is 30.3 Å². The second kappa shape index (κ2) is 15.1. The number of unbranched alkanes of at least 4 members (excludes halogenated alkanes) is 2. The van der Waals surface area contributed by atoms with Crippen molar-refractivity contribution in [3.63, 3.8) is 0 Å². The van der Waals surface area contributed by atoms with E-state index in [-0.39, 0.29) is 43.0 Å². The zero-order valence-corrected chi connectivity index (χ0v) is 19.7. The van der Waals surface area contributed by atoms with Gasteiger partial charge >= 0.3 is 17.9 Å². The number of thioether (sulfide) groups is 1. The number of hydrogen-bond acceptors (Lipinski definition) is 9. The van der Waals surface area contributed by atoms with Gasteiger partial charge in [-0.2, -0.15) is 11.8 Å². The molecule has 0 aromatic heterocycles. The molecule has 34 heavy (non-hydrogen) atoms. The average Bonchev–Trinajstić information content (AvgIpc) is 3.12. The van der Waals surface area contributed by atoms with Crippen LogP contribution in [0, 0.1) is 0 Å². The third-order valence-corrected chi connectivity index (χ3v) is 6.01. The zero-order valence-electron chi connectivity index (χ0n) is 18.9. The number of rotatable bonds is 16. The maximum absolute atomic E-state index is 12.4. The van der Waals surface area contributed by atoms with E-state index in [2.05, 4.69) is 10.6 Å². The SMILES string of the molecule is CCCCCC(=O)OC1=CC(SCC(NC(=O)CCC(N)C(=O)O)C(=O)NCC(=O)O)CC1=O. The highest BCUT2D eigenvalue weighted by atomic mass is 32.2. The number of carboxylic acids is 2. The van der Waals surface area contributed by atoms with Gasteiger partial charge in [0.1, 0.15) is 18.6 Å². The lowest BCUT2D eigenvalue weighted by Crippen LogP contribution is -2.49. The van der Waals surface area contributed by atoms with Gasteiger partial charge in [-0.25, -0.2) is 0 Å². The van der Waals surface area contributed by atoms with Gasteiger partial charge in [0.25, 0.3) is 0 Å². The van der Waals surface area contributed by atoms with Crippen LogP contribution >= 0.6 is 11.8 Å². The number of ketones is 1. The summed E-state index contributed by atoms with van der Waals surface area (Å²) in [6.07, 6.45) is 3.83. The minimum Gasteiger partial charge on any atom is -0.480 e. The summed E-state index contributed by atoms with van der Waals surface area (Å²) in [6, 6.07) is -2.38. The minimum atomic E-state index is -1.27. The lowest BCUT2D eigenvalue weighted by Gasteiger charge is -2.19. The molecule has 6 N–H and O–H groups in total. The van der Waals surface area contributed by atoms with Crippen LogP contribution in [0.3, 0.4) is 0 Å². The molecule has 3 atom stereocenters. The molecule has 0 aliphatic heterocycles. The lowest BCUT2D eigenvalue weighted by molar-refractivity contribution is -0.142. The second-order valence-corrected chi connectivity index (χ2v) is 8.95. The predicted molar refractivity (Wildman–Crippen MR) is 122 cm³/mol. The van der Waals surface area contributed by atoms with E-state index in [0.717, 1.165) is 24.6 Å². The van der Waals surface area contributed by atoms with Crippen LogP contribution in [0.15, 0.2) is 11.8 Å². The van der Waals surface area contributed by atoms with Crippen molar-refractivity contribution >= 4 is 47.3 Å². The number of carbonyl (C=O) groups excluding carboxylic acids is 4. The summed E-state index contributed by atoms with van der Waals surface area (Å²) in [5.41, 5.74) is 5.37. The van der Waals surface area contributed by atoms with Gasteiger partial charge in [0.2, 0.25) is 11.8 Å². The monoisotopic (exact) mass is 501 g/mol. The molecule has 0 bridgehead atoms. The molecule has 0 aromatic carbocycles. The molecule has 0 saturated carbocycles. The van der Waals surface area contributed by atoms with Gasteiger partial charge in [0.05, 0.1) is 0 Å². The van der Waals surface area contributed by atoms with Crippen molar-refractivity contribution < 1.29 is 43.7 Å². The van der Waals surface area contributed by atoms with Crippen LogP contribution in [0.1, 0.15) is 51.9 Å². The molecule has 1 rings (SSSR count). The van der Waals surface area contributed by atoms with Crippen molar-refractivity contribution in [2.24, 2.45) is 5.73 Å². The standard InChI is InChI=1S/C21H31N3O9S/c1-2-3-4-5-19(29)33-16-9-12(8-15(16)25)34-11-14(20(30)23-10-18(27)28)24-17(26)7-6-13(22)21(31)32/h9,12-14H,2-8,10-11,22H2,1H3,(H,23,30)(H,24,26)(H,27,28)(H,31,32). The smallest absolute Gasteiger partial charge is 0.322 e. The normalized spacial score (nSPS) is 16.8. The molecule has 1 aliphatic rings. The molecule has 0 aromatic rings. The Morgan fingerprint density at radius 2 is 1.91 bits per heavy atom. The first-order valence-electron chi connectivity index (χ1n) is 10.9. The fourth-order valence-electron chi connectivity index (χ4n) is 2.86. The van der Waals surface area contributed by atoms with Crippen molar-refractivity contribution in [2.75, 3.05) is 12.3 Å². The molecule has 0 spiro atoms. The van der Waals surface area contributed by atoms with Gasteiger partial charge < -0.3 is 31.3 Å². The average molecular weight is 502 g/mol. The number of nitrogens with two attached hydrogens (primary N) is 1. The van der Waals surface area contributed by atoms with Gasteiger partial charge in [-0.3, -0.25) is 28.8 Å². The van der Waals surface area contributed by atoms with Gasteiger partial charge in [0.15, 0.2) is 11.5 Å². The van der Waals surface area contributed by atoms with E-state index in [0.29, 0.717) is 6.42 Å². The summed E-state index contributed by atoms with van der Waals surface area (Å²) in [4.78, 5) is 70.1. The Morgan fingerprint density at radius 1 is 1.21 bits per heavy atom. The molecule has 12 nitrogen and oxygen atoms in total. The lowest BCUT2D eigenvalue weighted by atomic mass is 10.1. The Hall–Kier alpha value is -2.93.